The van der Waals surface area contributed by atoms with E-state index in [1.165, 1.54) is 48.5 Å². The molecule has 0 spiro atoms. The molecule has 16 heteroatoms. The van der Waals surface area contributed by atoms with Gasteiger partial charge < -0.3 is 0 Å². The molecule has 0 aliphatic rings. The fourth-order valence-electron chi connectivity index (χ4n) is 8.10. The topological polar surface area (TPSA) is 0 Å². The molecule has 0 bridgehead atoms. The van der Waals surface area contributed by atoms with Crippen molar-refractivity contribution in [1.82, 2.24) is 0 Å². The number of halogens is 12. The van der Waals surface area contributed by atoms with Gasteiger partial charge in [-0.1, -0.05) is 0 Å². The maximum atomic E-state index is 13.1. The van der Waals surface area contributed by atoms with Crippen LogP contribution in [0.4, 0.5) is 52.7 Å². The second-order valence-corrected chi connectivity index (χ2v) is 57.2. The van der Waals surface area contributed by atoms with Crippen LogP contribution in [0, 0.1) is 0 Å². The minimum absolute atomic E-state index is 0.358. The van der Waals surface area contributed by atoms with Gasteiger partial charge in [0, 0.05) is 0 Å². The number of rotatable bonds is 14. The van der Waals surface area contributed by atoms with E-state index in [1.807, 2.05) is 23.2 Å². The van der Waals surface area contributed by atoms with Crippen molar-refractivity contribution in [3.63, 3.8) is 0 Å². The van der Waals surface area contributed by atoms with Gasteiger partial charge in [-0.25, -0.2) is 0 Å². The Kier molecular flexibility index (Phi) is 28.4. The van der Waals surface area contributed by atoms with Crippen LogP contribution in [0.2, 0.25) is 33.4 Å². The van der Waals surface area contributed by atoms with Crippen LogP contribution in [0.25, 0.3) is 0 Å². The second kappa shape index (κ2) is 29.5. The summed E-state index contributed by atoms with van der Waals surface area (Å²) in [6, 6.07) is 24.4. The molecule has 0 atom stereocenters. The first kappa shape index (κ1) is 61.5. The van der Waals surface area contributed by atoms with Crippen LogP contribution in [0.1, 0.15) is 103 Å². The summed E-state index contributed by atoms with van der Waals surface area (Å²) in [5.74, 6) is 0. The first-order valence-corrected chi connectivity index (χ1v) is 48.6. The number of alkyl halides is 12. The monoisotopic (exact) mass is 1330 g/mol. The van der Waals surface area contributed by atoms with Gasteiger partial charge in [0.05, 0.1) is 0 Å². The van der Waals surface area contributed by atoms with E-state index < -0.39 is 127 Å². The molecule has 0 radical (unpaired) electrons. The molecule has 0 aliphatic carbocycles. The molecule has 0 aromatic heterocycles. The molecule has 352 valence electrons. The molecule has 4 aromatic rings. The van der Waals surface area contributed by atoms with E-state index >= 15 is 0 Å². The van der Waals surface area contributed by atoms with Crippen LogP contribution in [-0.4, -0.2) is 85.8 Å². The number of hydrogen-bond acceptors (Lipinski definition) is 0. The second-order valence-electron chi connectivity index (χ2n) is 17.0. The number of hydrogen-bond donors (Lipinski definition) is 0. The third-order valence-electron chi connectivity index (χ3n) is 11.2. The van der Waals surface area contributed by atoms with Gasteiger partial charge in [0.1, 0.15) is 0 Å². The molecule has 0 fully saturated rings. The zero-order chi connectivity index (χ0) is 49.1. The Morgan fingerprint density at radius 3 is 0.922 bits per heavy atom. The van der Waals surface area contributed by atoms with Gasteiger partial charge in [0.2, 0.25) is 0 Å². The third kappa shape index (κ3) is 21.0. The van der Waals surface area contributed by atoms with Crippen molar-refractivity contribution in [1.29, 1.82) is 0 Å². The molecule has 0 saturated heterocycles. The van der Waals surface area contributed by atoms with Gasteiger partial charge in [0.25, 0.3) is 0 Å². The van der Waals surface area contributed by atoms with Crippen molar-refractivity contribution in [2.75, 3.05) is 0 Å². The summed E-state index contributed by atoms with van der Waals surface area (Å²) in [6.45, 7) is 16.5. The van der Waals surface area contributed by atoms with E-state index in [-0.39, 0.29) is 5.56 Å². The fourth-order valence-corrected chi connectivity index (χ4v) is 41.3. The van der Waals surface area contributed by atoms with E-state index in [0.717, 1.165) is 42.4 Å². The predicted octanol–water partition coefficient (Wildman–Crippen LogP) is 15.3. The Balaban J connectivity index is 0.000000430. The van der Waals surface area contributed by atoms with Crippen molar-refractivity contribution >= 4 is 99.0 Å². The Hall–Kier alpha value is -0.479. The van der Waals surface area contributed by atoms with Gasteiger partial charge >= 0.3 is 410 Å². The quantitative estimate of drug-likeness (QED) is 0.110. The van der Waals surface area contributed by atoms with Crippen molar-refractivity contribution < 1.29 is 52.7 Å². The summed E-state index contributed by atoms with van der Waals surface area (Å²) in [4.78, 5) is 0. The summed E-state index contributed by atoms with van der Waals surface area (Å²) >= 11 is -8.83. The Morgan fingerprint density at radius 1 is 0.391 bits per heavy atom. The summed E-state index contributed by atoms with van der Waals surface area (Å²) in [5, 5.41) is 0. The van der Waals surface area contributed by atoms with Gasteiger partial charge in [-0.3, -0.25) is 0 Å². The normalized spacial score (nSPS) is 11.8. The molecule has 0 N–H and O–H groups in total. The van der Waals surface area contributed by atoms with E-state index in [0.29, 0.717) is 20.6 Å². The van der Waals surface area contributed by atoms with Crippen molar-refractivity contribution in [2.45, 2.75) is 139 Å². The molecule has 4 aromatic carbocycles. The van der Waals surface area contributed by atoms with Gasteiger partial charge in [-0.2, -0.15) is 0 Å². The Morgan fingerprint density at radius 2 is 0.656 bits per heavy atom. The van der Waals surface area contributed by atoms with E-state index in [9.17, 15) is 52.7 Å². The van der Waals surface area contributed by atoms with Crippen molar-refractivity contribution in [3.05, 3.63) is 119 Å². The minimum atomic E-state index is -4.21. The zero-order valence-electron chi connectivity index (χ0n) is 38.9. The Labute approximate surface area is 405 Å². The molecule has 4 rings (SSSR count). The van der Waals surface area contributed by atoms with Crippen LogP contribution in [0.5, 0.6) is 0 Å². The average Bonchev–Trinajstić information content (AvgIpc) is 3.21. The van der Waals surface area contributed by atoms with E-state index in [4.69, 9.17) is 0 Å². The standard InChI is InChI=1S/4C7H4F3.2C4H9.2C3H7.2C2H5.2CH3.4In/c4*8-7(9,10)6-4-2-1-3-5-6;2*1-3-4-2;2*1-3-2;2*1-2;;;;;;/h4*1-4H;2*1,3-4H2,2H3;2*3H,1-2H3;2*1H2,2H3;2*1H3;;;;. The molecule has 0 amide bonds. The van der Waals surface area contributed by atoms with Crippen molar-refractivity contribution in [2.24, 2.45) is 0 Å². The fraction of sp³-hybridized carbons (Fsp3) is 0.500. The Bertz CT molecular complexity index is 1880. The van der Waals surface area contributed by atoms with Crippen LogP contribution in [-0.2, 0) is 24.7 Å². The van der Waals surface area contributed by atoms with E-state index in [1.54, 1.807) is 48.5 Å². The van der Waals surface area contributed by atoms with Crippen LogP contribution < -0.4 is 13.3 Å². The molecule has 0 unspecified atom stereocenters. The van der Waals surface area contributed by atoms with Gasteiger partial charge in [0.15, 0.2) is 0 Å². The first-order valence-electron chi connectivity index (χ1n) is 22.3. The summed E-state index contributed by atoms with van der Waals surface area (Å²) < 4.78 is 165. The first-order chi connectivity index (χ1) is 29.7. The SMILES string of the molecule is CCC[CH2][In]([CH2]CCC)[c]1ccccc1C(F)(F)F.C[CH2][In]([CH2]C)[c]1ccccc1C(F)(F)F.C[CH](C)[In]([c]1ccccc1C(F)(F)F)[CH](C)C.[CH3][In]([CH3])[c]1ccccc1C(F)(F)F. The van der Waals surface area contributed by atoms with Crippen LogP contribution in [0.3, 0.4) is 0 Å². The summed E-state index contributed by atoms with van der Waals surface area (Å²) in [7, 11) is 0. The molecule has 0 nitrogen and oxygen atoms in total. The van der Waals surface area contributed by atoms with Crippen LogP contribution in [0.15, 0.2) is 97.1 Å². The summed E-state index contributed by atoms with van der Waals surface area (Å²) in [6.07, 6.45) is -12.5. The van der Waals surface area contributed by atoms with E-state index in [2.05, 4.69) is 41.5 Å². The summed E-state index contributed by atoms with van der Waals surface area (Å²) in [5.41, 5.74) is -1.58. The zero-order valence-corrected chi connectivity index (χ0v) is 52.1. The number of unbranched alkanes of at least 4 members (excludes halogenated alkanes) is 2. The number of benzene rings is 4. The van der Waals surface area contributed by atoms with Gasteiger partial charge in [-0.05, 0) is 0 Å². The molecule has 64 heavy (non-hydrogen) atoms. The molecular formula is C48H64F12In4. The third-order valence-corrected chi connectivity index (χ3v) is 47.7. The molecule has 0 aliphatic heterocycles. The maximum absolute atomic E-state index is 13.1. The predicted molar refractivity (Wildman–Crippen MR) is 250 cm³/mol. The molecule has 0 saturated carbocycles. The molecular weight excluding hydrogens is 1260 g/mol. The molecule has 0 heterocycles. The average molecular weight is 1330 g/mol. The van der Waals surface area contributed by atoms with Gasteiger partial charge in [-0.15, -0.1) is 0 Å². The van der Waals surface area contributed by atoms with Crippen molar-refractivity contribution in [3.8, 4) is 0 Å². The van der Waals surface area contributed by atoms with Crippen LogP contribution >= 0.6 is 0 Å².